The number of sulfonamides is 1. The van der Waals surface area contributed by atoms with Gasteiger partial charge in [-0.3, -0.25) is 9.71 Å². The molecule has 0 saturated heterocycles. The predicted molar refractivity (Wildman–Crippen MR) is 133 cm³/mol. The highest BCUT2D eigenvalue weighted by Gasteiger charge is 2.21. The lowest BCUT2D eigenvalue weighted by Crippen LogP contribution is -2.15. The van der Waals surface area contributed by atoms with Crippen molar-refractivity contribution in [1.82, 2.24) is 4.98 Å². The Morgan fingerprint density at radius 1 is 1.06 bits per heavy atom. The summed E-state index contributed by atoms with van der Waals surface area (Å²) in [6, 6.07) is 17.6. The number of hydrogen-bond acceptors (Lipinski definition) is 5. The van der Waals surface area contributed by atoms with Gasteiger partial charge in [-0.25, -0.2) is 13.2 Å². The summed E-state index contributed by atoms with van der Waals surface area (Å²) < 4.78 is 35.3. The zero-order chi connectivity index (χ0) is 24.3. The fourth-order valence-electron chi connectivity index (χ4n) is 3.26. The number of fused-ring (bicyclic) bond motifs is 1. The summed E-state index contributed by atoms with van der Waals surface area (Å²) in [4.78, 5) is 15.3. The number of nitrogens with one attached hydrogen (secondary N) is 1. The molecule has 0 bridgehead atoms. The van der Waals surface area contributed by atoms with E-state index >= 15 is 0 Å². The predicted octanol–water partition coefficient (Wildman–Crippen LogP) is 4.90. The number of halogens is 1. The van der Waals surface area contributed by atoms with Gasteiger partial charge >= 0.3 is 5.97 Å². The van der Waals surface area contributed by atoms with Gasteiger partial charge in [0.1, 0.15) is 10.6 Å². The number of carbonyl (C=O) groups is 1. The van der Waals surface area contributed by atoms with Gasteiger partial charge in [0.2, 0.25) is 0 Å². The quantitative estimate of drug-likeness (QED) is 0.351. The van der Waals surface area contributed by atoms with Crippen LogP contribution in [0.25, 0.3) is 10.9 Å². The minimum atomic E-state index is -4.02. The molecule has 0 amide bonds. The number of hydrogen-bond donors (Lipinski definition) is 2. The highest BCUT2D eigenvalue weighted by Crippen LogP contribution is 2.31. The number of aromatic nitrogens is 1. The zero-order valence-electron chi connectivity index (χ0n) is 17.7. The fourth-order valence-corrected chi connectivity index (χ4v) is 4.85. The van der Waals surface area contributed by atoms with E-state index in [2.05, 4.69) is 37.5 Å². The minimum Gasteiger partial charge on any atom is -0.496 e. The maximum absolute atomic E-state index is 13.3. The smallest absolute Gasteiger partial charge is 0.335 e. The third-order valence-electron chi connectivity index (χ3n) is 4.90. The second kappa shape index (κ2) is 9.55. The molecule has 1 heterocycles. The van der Waals surface area contributed by atoms with Gasteiger partial charge in [0.15, 0.2) is 0 Å². The lowest BCUT2D eigenvalue weighted by atomic mass is 10.1. The van der Waals surface area contributed by atoms with Crippen molar-refractivity contribution in [2.75, 3.05) is 11.8 Å². The van der Waals surface area contributed by atoms with E-state index in [0.29, 0.717) is 26.7 Å². The van der Waals surface area contributed by atoms with Crippen molar-refractivity contribution >= 4 is 48.5 Å². The molecule has 0 atom stereocenters. The van der Waals surface area contributed by atoms with Crippen molar-refractivity contribution < 1.29 is 23.1 Å². The summed E-state index contributed by atoms with van der Waals surface area (Å²) in [6.07, 6.45) is 1.52. The summed E-state index contributed by atoms with van der Waals surface area (Å²) in [7, 11) is -2.51. The average Bonchev–Trinajstić information content (AvgIpc) is 2.82. The number of benzene rings is 3. The number of ether oxygens (including phenoxy) is 1. The number of pyridine rings is 1. The van der Waals surface area contributed by atoms with Crippen LogP contribution < -0.4 is 9.46 Å². The van der Waals surface area contributed by atoms with Crippen LogP contribution in [0.15, 0.2) is 82.3 Å². The molecule has 0 aliphatic rings. The number of carboxylic acids is 1. The van der Waals surface area contributed by atoms with E-state index in [1.165, 1.54) is 31.5 Å². The van der Waals surface area contributed by atoms with Crippen molar-refractivity contribution in [3.05, 3.63) is 94.1 Å². The second-order valence-corrected chi connectivity index (χ2v) is 9.66. The summed E-state index contributed by atoms with van der Waals surface area (Å²) >= 11 is 3.37. The van der Waals surface area contributed by atoms with Gasteiger partial charge in [-0.05, 0) is 66.7 Å². The molecule has 4 rings (SSSR count). The highest BCUT2D eigenvalue weighted by molar-refractivity contribution is 9.10. The molecule has 0 aliphatic carbocycles. The van der Waals surface area contributed by atoms with Crippen LogP contribution in [0.3, 0.4) is 0 Å². The maximum atomic E-state index is 13.3. The number of aromatic carboxylic acids is 1. The Labute approximate surface area is 204 Å². The second-order valence-electron chi connectivity index (χ2n) is 7.09. The number of rotatable bonds is 5. The molecule has 9 heteroatoms. The van der Waals surface area contributed by atoms with Crippen LogP contribution in [0.1, 0.15) is 21.5 Å². The van der Waals surface area contributed by atoms with E-state index < -0.39 is 16.0 Å². The van der Waals surface area contributed by atoms with Gasteiger partial charge < -0.3 is 9.84 Å². The van der Waals surface area contributed by atoms with Crippen molar-refractivity contribution in [2.24, 2.45) is 0 Å². The van der Waals surface area contributed by atoms with Crippen LogP contribution in [-0.4, -0.2) is 31.6 Å². The molecule has 0 aliphatic heterocycles. The molecule has 7 nitrogen and oxygen atoms in total. The molecule has 0 spiro atoms. The van der Waals surface area contributed by atoms with E-state index in [4.69, 9.17) is 9.84 Å². The summed E-state index contributed by atoms with van der Waals surface area (Å²) in [6.45, 7) is 0. The minimum absolute atomic E-state index is 0.00652. The van der Waals surface area contributed by atoms with Crippen LogP contribution in [0.5, 0.6) is 5.75 Å². The molecule has 170 valence electrons. The van der Waals surface area contributed by atoms with Crippen LogP contribution in [0.2, 0.25) is 0 Å². The Morgan fingerprint density at radius 2 is 1.82 bits per heavy atom. The highest BCUT2D eigenvalue weighted by atomic mass is 79.9. The third-order valence-corrected chi connectivity index (χ3v) is 6.79. The van der Waals surface area contributed by atoms with Crippen molar-refractivity contribution in [3.8, 4) is 17.6 Å². The topological polar surface area (TPSA) is 106 Å². The molecule has 1 aromatic heterocycles. The van der Waals surface area contributed by atoms with Gasteiger partial charge in [-0.2, -0.15) is 0 Å². The SMILES string of the molecule is COc1ccc(S(=O)(=O)Nc2cc(Br)ccc2C#Cc2ccc(C(=O)O)cc2)c2ncccc12. The van der Waals surface area contributed by atoms with E-state index in [1.807, 2.05) is 0 Å². The number of nitrogens with zero attached hydrogens (tertiary/aromatic N) is 1. The Balaban J connectivity index is 1.72. The largest absolute Gasteiger partial charge is 0.496 e. The molecule has 3 aromatic carbocycles. The first-order chi connectivity index (χ1) is 16.3. The summed E-state index contributed by atoms with van der Waals surface area (Å²) in [5, 5.41) is 9.60. The van der Waals surface area contributed by atoms with Crippen molar-refractivity contribution in [1.29, 1.82) is 0 Å². The third kappa shape index (κ3) is 4.88. The van der Waals surface area contributed by atoms with E-state index in [-0.39, 0.29) is 21.7 Å². The molecule has 2 N–H and O–H groups in total. The Hall–Kier alpha value is -3.87. The van der Waals surface area contributed by atoms with E-state index in [0.717, 1.165) is 0 Å². The molecule has 0 radical (unpaired) electrons. The van der Waals surface area contributed by atoms with Crippen LogP contribution >= 0.6 is 15.9 Å². The van der Waals surface area contributed by atoms with Gasteiger partial charge in [0.05, 0.1) is 23.9 Å². The normalized spacial score (nSPS) is 10.9. The molecule has 0 unspecified atom stereocenters. The molecule has 0 saturated carbocycles. The first-order valence-electron chi connectivity index (χ1n) is 9.88. The van der Waals surface area contributed by atoms with E-state index in [9.17, 15) is 13.2 Å². The van der Waals surface area contributed by atoms with Gasteiger partial charge in [0, 0.05) is 27.2 Å². The Morgan fingerprint density at radius 3 is 2.53 bits per heavy atom. The lowest BCUT2D eigenvalue weighted by molar-refractivity contribution is 0.0697. The van der Waals surface area contributed by atoms with Crippen LogP contribution in [0.4, 0.5) is 5.69 Å². The van der Waals surface area contributed by atoms with E-state index in [1.54, 1.807) is 48.5 Å². The van der Waals surface area contributed by atoms with Gasteiger partial charge in [-0.1, -0.05) is 27.8 Å². The van der Waals surface area contributed by atoms with Crippen LogP contribution in [-0.2, 0) is 10.0 Å². The Kier molecular flexibility index (Phi) is 6.54. The maximum Gasteiger partial charge on any atom is 0.335 e. The molecule has 34 heavy (non-hydrogen) atoms. The first-order valence-corrected chi connectivity index (χ1v) is 12.2. The number of methoxy groups -OCH3 is 1. The molecule has 0 fully saturated rings. The Bertz CT molecular complexity index is 1570. The van der Waals surface area contributed by atoms with Crippen LogP contribution in [0, 0.1) is 11.8 Å². The van der Waals surface area contributed by atoms with Gasteiger partial charge in [0.25, 0.3) is 10.0 Å². The summed E-state index contributed by atoms with van der Waals surface area (Å²) in [5.74, 6) is 5.38. The zero-order valence-corrected chi connectivity index (χ0v) is 20.1. The standard InChI is InChI=1S/C25H17BrN2O5S/c1-33-22-12-13-23(24-20(22)3-2-14-27-24)34(31,32)28-21-15-19(26)11-10-17(21)7-4-16-5-8-18(9-6-16)25(29)30/h2-3,5-6,8-15,28H,1H3,(H,29,30). The van der Waals surface area contributed by atoms with Crippen molar-refractivity contribution in [3.63, 3.8) is 0 Å². The lowest BCUT2D eigenvalue weighted by Gasteiger charge is -2.13. The molecule has 4 aromatic rings. The van der Waals surface area contributed by atoms with Crippen molar-refractivity contribution in [2.45, 2.75) is 4.90 Å². The average molecular weight is 537 g/mol. The molecular weight excluding hydrogens is 520 g/mol. The first kappa shape index (κ1) is 23.3. The fraction of sp³-hybridized carbons (Fsp3) is 0.0400. The summed E-state index contributed by atoms with van der Waals surface area (Å²) in [5.41, 5.74) is 1.76. The monoisotopic (exact) mass is 536 g/mol. The molecular formula is C25H17BrN2O5S. The number of carboxylic acid groups (broad SMARTS) is 1. The number of anilines is 1. The van der Waals surface area contributed by atoms with Gasteiger partial charge in [-0.15, -0.1) is 0 Å².